The predicted octanol–water partition coefficient (Wildman–Crippen LogP) is 3.77. The van der Waals surface area contributed by atoms with Gasteiger partial charge < -0.3 is 4.57 Å². The van der Waals surface area contributed by atoms with Gasteiger partial charge in [-0.2, -0.15) is 0 Å². The van der Waals surface area contributed by atoms with E-state index in [0.717, 1.165) is 12.1 Å². The van der Waals surface area contributed by atoms with E-state index in [9.17, 15) is 0 Å². The largest absolute Gasteiger partial charge is 0.323 e. The molecule has 3 heteroatoms. The van der Waals surface area contributed by atoms with Gasteiger partial charge in [-0.15, -0.1) is 6.58 Å². The molecule has 0 spiro atoms. The summed E-state index contributed by atoms with van der Waals surface area (Å²) in [5.74, 6) is 1.17. The molecule has 3 rings (SSSR count). The first kappa shape index (κ1) is 13.4. The Bertz CT molecular complexity index is 593. The quantitative estimate of drug-likeness (QED) is 0.788. The lowest BCUT2D eigenvalue weighted by molar-refractivity contribution is 0.166. The minimum absolute atomic E-state index is 0.377. The molecule has 1 unspecified atom stereocenters. The van der Waals surface area contributed by atoms with Crippen molar-refractivity contribution in [3.8, 4) is 0 Å². The smallest absolute Gasteiger partial charge is 0.127 e. The van der Waals surface area contributed by atoms with Crippen molar-refractivity contribution >= 4 is 11.0 Å². The molecule has 0 amide bonds. The summed E-state index contributed by atoms with van der Waals surface area (Å²) in [4.78, 5) is 7.44. The summed E-state index contributed by atoms with van der Waals surface area (Å²) < 4.78 is 2.31. The molecule has 0 bridgehead atoms. The normalized spacial score (nSPS) is 18.2. The van der Waals surface area contributed by atoms with Gasteiger partial charge >= 0.3 is 0 Å². The van der Waals surface area contributed by atoms with Gasteiger partial charge in [-0.25, -0.2) is 4.98 Å². The first-order valence-corrected chi connectivity index (χ1v) is 7.61. The third kappa shape index (κ3) is 2.38. The van der Waals surface area contributed by atoms with Crippen molar-refractivity contribution in [2.75, 3.05) is 13.1 Å². The Hall–Kier alpha value is -1.61. The van der Waals surface area contributed by atoms with Gasteiger partial charge in [-0.3, -0.25) is 4.90 Å². The Labute approximate surface area is 120 Å². The predicted molar refractivity (Wildman–Crippen MR) is 83.8 cm³/mol. The fourth-order valence-electron chi connectivity index (χ4n) is 3.20. The average Bonchev–Trinajstić information content (AvgIpc) is 2.87. The van der Waals surface area contributed by atoms with E-state index in [1.54, 1.807) is 0 Å². The van der Waals surface area contributed by atoms with Gasteiger partial charge in [-0.05, 0) is 45.0 Å². The van der Waals surface area contributed by atoms with E-state index in [2.05, 4.69) is 47.2 Å². The van der Waals surface area contributed by atoms with Crippen molar-refractivity contribution in [3.05, 3.63) is 42.7 Å². The van der Waals surface area contributed by atoms with Crippen LogP contribution < -0.4 is 0 Å². The number of imidazole rings is 1. The SMILES string of the molecule is C=CCn1c(C(C)N2CCCCC2)nc2ccccc21. The maximum absolute atomic E-state index is 4.88. The lowest BCUT2D eigenvalue weighted by atomic mass is 10.1. The topological polar surface area (TPSA) is 21.1 Å². The highest BCUT2D eigenvalue weighted by atomic mass is 15.2. The molecule has 1 fully saturated rings. The second-order valence-electron chi connectivity index (χ2n) is 5.63. The molecule has 0 radical (unpaired) electrons. The molecule has 1 saturated heterocycles. The lowest BCUT2D eigenvalue weighted by Gasteiger charge is -2.32. The van der Waals surface area contributed by atoms with Crippen LogP contribution in [-0.2, 0) is 6.54 Å². The third-order valence-corrected chi connectivity index (χ3v) is 4.31. The Morgan fingerprint density at radius 1 is 1.25 bits per heavy atom. The molecule has 2 aromatic rings. The van der Waals surface area contributed by atoms with Crippen LogP contribution in [-0.4, -0.2) is 27.5 Å². The molecule has 1 aliphatic rings. The van der Waals surface area contributed by atoms with Crippen LogP contribution in [0.4, 0.5) is 0 Å². The summed E-state index contributed by atoms with van der Waals surface area (Å²) >= 11 is 0. The first-order chi connectivity index (χ1) is 9.81. The Morgan fingerprint density at radius 3 is 2.75 bits per heavy atom. The monoisotopic (exact) mass is 269 g/mol. The molecule has 1 aromatic carbocycles. The van der Waals surface area contributed by atoms with Gasteiger partial charge in [0.2, 0.25) is 0 Å². The van der Waals surface area contributed by atoms with Gasteiger partial charge in [0.25, 0.3) is 0 Å². The maximum atomic E-state index is 4.88. The molecule has 1 atom stereocenters. The van der Waals surface area contributed by atoms with E-state index >= 15 is 0 Å². The van der Waals surface area contributed by atoms with Gasteiger partial charge in [0.05, 0.1) is 17.1 Å². The summed E-state index contributed by atoms with van der Waals surface area (Å²) in [5, 5.41) is 0. The zero-order valence-corrected chi connectivity index (χ0v) is 12.3. The summed E-state index contributed by atoms with van der Waals surface area (Å²) in [6, 6.07) is 8.77. The second-order valence-corrected chi connectivity index (χ2v) is 5.63. The highest BCUT2D eigenvalue weighted by Crippen LogP contribution is 2.27. The Morgan fingerprint density at radius 2 is 2.00 bits per heavy atom. The van der Waals surface area contributed by atoms with E-state index in [4.69, 9.17) is 4.98 Å². The molecule has 3 nitrogen and oxygen atoms in total. The molecular formula is C17H23N3. The van der Waals surface area contributed by atoms with Crippen molar-refractivity contribution in [2.45, 2.75) is 38.8 Å². The number of fused-ring (bicyclic) bond motifs is 1. The lowest BCUT2D eigenvalue weighted by Crippen LogP contribution is -2.33. The van der Waals surface area contributed by atoms with E-state index < -0.39 is 0 Å². The van der Waals surface area contributed by atoms with Crippen LogP contribution in [0.5, 0.6) is 0 Å². The van der Waals surface area contributed by atoms with E-state index in [-0.39, 0.29) is 0 Å². The van der Waals surface area contributed by atoms with Crippen LogP contribution in [0.1, 0.15) is 38.1 Å². The maximum Gasteiger partial charge on any atom is 0.127 e. The van der Waals surface area contributed by atoms with Crippen LogP contribution >= 0.6 is 0 Å². The zero-order chi connectivity index (χ0) is 13.9. The summed E-state index contributed by atoms with van der Waals surface area (Å²) in [6.07, 6.45) is 5.95. The molecule has 1 aromatic heterocycles. The minimum Gasteiger partial charge on any atom is -0.323 e. The number of likely N-dealkylation sites (tertiary alicyclic amines) is 1. The number of piperidine rings is 1. The number of aromatic nitrogens is 2. The van der Waals surface area contributed by atoms with Crippen LogP contribution in [0.25, 0.3) is 11.0 Å². The molecule has 106 valence electrons. The molecule has 1 aliphatic heterocycles. The molecule has 0 aliphatic carbocycles. The number of nitrogens with zero attached hydrogens (tertiary/aromatic N) is 3. The molecule has 0 N–H and O–H groups in total. The summed E-state index contributed by atoms with van der Waals surface area (Å²) in [7, 11) is 0. The van der Waals surface area contributed by atoms with Gasteiger partial charge in [0.1, 0.15) is 5.82 Å². The standard InChI is InChI=1S/C17H23N3/c1-3-11-20-16-10-6-5-9-15(16)18-17(20)14(2)19-12-7-4-8-13-19/h3,5-6,9-10,14H,1,4,7-8,11-13H2,2H3. The number of hydrogen-bond acceptors (Lipinski definition) is 2. The van der Waals surface area contributed by atoms with E-state index in [1.807, 2.05) is 6.08 Å². The van der Waals surface area contributed by atoms with Crippen LogP contribution in [0, 0.1) is 0 Å². The van der Waals surface area contributed by atoms with Crippen molar-refractivity contribution < 1.29 is 0 Å². The third-order valence-electron chi connectivity index (χ3n) is 4.31. The number of allylic oxidation sites excluding steroid dienone is 1. The second kappa shape index (κ2) is 5.80. The van der Waals surface area contributed by atoms with Crippen molar-refractivity contribution in [1.29, 1.82) is 0 Å². The molecule has 20 heavy (non-hydrogen) atoms. The molecule has 0 saturated carbocycles. The van der Waals surface area contributed by atoms with Crippen LogP contribution in [0.15, 0.2) is 36.9 Å². The number of benzene rings is 1. The number of para-hydroxylation sites is 2. The van der Waals surface area contributed by atoms with Gasteiger partial charge in [0.15, 0.2) is 0 Å². The molecular weight excluding hydrogens is 246 g/mol. The first-order valence-electron chi connectivity index (χ1n) is 7.61. The molecule has 2 heterocycles. The van der Waals surface area contributed by atoms with Gasteiger partial charge in [0, 0.05) is 6.54 Å². The number of rotatable bonds is 4. The average molecular weight is 269 g/mol. The highest BCUT2D eigenvalue weighted by molar-refractivity contribution is 5.76. The van der Waals surface area contributed by atoms with Crippen molar-refractivity contribution in [1.82, 2.24) is 14.5 Å². The highest BCUT2D eigenvalue weighted by Gasteiger charge is 2.23. The van der Waals surface area contributed by atoms with Gasteiger partial charge in [-0.1, -0.05) is 24.6 Å². The van der Waals surface area contributed by atoms with E-state index in [1.165, 1.54) is 43.7 Å². The van der Waals surface area contributed by atoms with Crippen molar-refractivity contribution in [2.24, 2.45) is 0 Å². The zero-order valence-electron chi connectivity index (χ0n) is 12.3. The Balaban J connectivity index is 2.00. The van der Waals surface area contributed by atoms with Crippen LogP contribution in [0.2, 0.25) is 0 Å². The summed E-state index contributed by atoms with van der Waals surface area (Å²) in [6.45, 7) is 9.39. The van der Waals surface area contributed by atoms with Crippen LogP contribution in [0.3, 0.4) is 0 Å². The minimum atomic E-state index is 0.377. The fourth-order valence-corrected chi connectivity index (χ4v) is 3.20. The Kier molecular flexibility index (Phi) is 3.88. The number of hydrogen-bond donors (Lipinski definition) is 0. The fraction of sp³-hybridized carbons (Fsp3) is 0.471. The van der Waals surface area contributed by atoms with Crippen molar-refractivity contribution in [3.63, 3.8) is 0 Å². The summed E-state index contributed by atoms with van der Waals surface area (Å²) in [5.41, 5.74) is 2.31. The van der Waals surface area contributed by atoms with E-state index in [0.29, 0.717) is 6.04 Å².